The minimum Gasteiger partial charge on any atom is -0.496 e. The lowest BCUT2D eigenvalue weighted by atomic mass is 10.1. The molecule has 0 saturated carbocycles. The second-order valence-corrected chi connectivity index (χ2v) is 6.51. The fourth-order valence-corrected chi connectivity index (χ4v) is 3.23. The number of carbonyl (C=O) groups is 2. The number of primary amides is 1. The molecule has 30 heavy (non-hydrogen) atoms. The van der Waals surface area contributed by atoms with Crippen molar-refractivity contribution < 1.29 is 23.5 Å². The third-order valence-corrected chi connectivity index (χ3v) is 4.65. The number of carbonyl (C=O) groups excluding carboxylic acids is 2. The van der Waals surface area contributed by atoms with Gasteiger partial charge in [0.15, 0.2) is 0 Å². The van der Waals surface area contributed by atoms with Gasteiger partial charge in [0.25, 0.3) is 11.8 Å². The van der Waals surface area contributed by atoms with Gasteiger partial charge in [-0.05, 0) is 31.2 Å². The van der Waals surface area contributed by atoms with Crippen molar-refractivity contribution in [2.24, 2.45) is 5.73 Å². The average molecular weight is 405 g/mol. The summed E-state index contributed by atoms with van der Waals surface area (Å²) in [6, 6.07) is 10.1. The summed E-state index contributed by atoms with van der Waals surface area (Å²) in [4.78, 5) is 28.2. The summed E-state index contributed by atoms with van der Waals surface area (Å²) in [5.74, 6) is 0.522. The van der Waals surface area contributed by atoms with E-state index in [-0.39, 0.29) is 11.5 Å². The average Bonchev–Trinajstić information content (AvgIpc) is 3.16. The first-order valence-corrected chi connectivity index (χ1v) is 9.25. The molecule has 0 fully saturated rings. The van der Waals surface area contributed by atoms with E-state index in [9.17, 15) is 9.59 Å². The molecule has 3 N–H and O–H groups in total. The summed E-state index contributed by atoms with van der Waals surface area (Å²) in [5, 5.41) is 4.05. The Morgan fingerprint density at radius 3 is 2.67 bits per heavy atom. The van der Waals surface area contributed by atoms with Gasteiger partial charge in [-0.15, -0.1) is 0 Å². The number of furan rings is 1. The van der Waals surface area contributed by atoms with Crippen LogP contribution in [0.25, 0.3) is 21.9 Å². The molecule has 0 unspecified atom stereocenters. The minimum atomic E-state index is -0.613. The maximum Gasteiger partial charge on any atom is 0.255 e. The number of aromatic nitrogens is 1. The zero-order valence-corrected chi connectivity index (χ0v) is 16.4. The minimum absolute atomic E-state index is 0.196. The van der Waals surface area contributed by atoms with Crippen molar-refractivity contribution in [3.05, 3.63) is 60.0 Å². The lowest BCUT2D eigenvalue weighted by molar-refractivity contribution is 0.0955. The zero-order chi connectivity index (χ0) is 21.3. The van der Waals surface area contributed by atoms with Gasteiger partial charge in [-0.2, -0.15) is 0 Å². The van der Waals surface area contributed by atoms with Crippen LogP contribution in [0.4, 0.5) is 0 Å². The summed E-state index contributed by atoms with van der Waals surface area (Å²) >= 11 is 0. The highest BCUT2D eigenvalue weighted by Crippen LogP contribution is 2.34. The van der Waals surface area contributed by atoms with Crippen molar-refractivity contribution in [2.75, 3.05) is 13.7 Å². The van der Waals surface area contributed by atoms with E-state index in [1.165, 1.54) is 13.4 Å². The van der Waals surface area contributed by atoms with Crippen LogP contribution in [0, 0.1) is 0 Å². The molecule has 0 aliphatic heterocycles. The SMILES string of the molecule is CCNC(=O)c1coc2cc(Oc3ccnc4cc(OC)c(C(N)=O)cc34)ccc12. The molecule has 0 bridgehead atoms. The Labute approximate surface area is 171 Å². The first-order chi connectivity index (χ1) is 14.5. The Kier molecular flexibility index (Phi) is 4.97. The van der Waals surface area contributed by atoms with Crippen LogP contribution in [0.15, 0.2) is 53.3 Å². The first kappa shape index (κ1) is 19.3. The lowest BCUT2D eigenvalue weighted by Crippen LogP contribution is -2.22. The van der Waals surface area contributed by atoms with Gasteiger partial charge in [0.05, 0.1) is 23.8 Å². The Balaban J connectivity index is 1.73. The predicted molar refractivity (Wildman–Crippen MR) is 111 cm³/mol. The number of amides is 2. The van der Waals surface area contributed by atoms with E-state index < -0.39 is 5.91 Å². The summed E-state index contributed by atoms with van der Waals surface area (Å²) in [6.07, 6.45) is 3.02. The fraction of sp³-hybridized carbons (Fsp3) is 0.136. The van der Waals surface area contributed by atoms with Crippen molar-refractivity contribution in [1.29, 1.82) is 0 Å². The van der Waals surface area contributed by atoms with Gasteiger partial charge in [0.1, 0.15) is 29.1 Å². The van der Waals surface area contributed by atoms with Crippen molar-refractivity contribution in [3.63, 3.8) is 0 Å². The van der Waals surface area contributed by atoms with E-state index in [1.54, 1.807) is 42.6 Å². The molecule has 0 aliphatic rings. The van der Waals surface area contributed by atoms with E-state index in [2.05, 4.69) is 10.3 Å². The summed E-state index contributed by atoms with van der Waals surface area (Å²) in [7, 11) is 1.46. The Morgan fingerprint density at radius 1 is 1.10 bits per heavy atom. The molecule has 0 saturated heterocycles. The van der Waals surface area contributed by atoms with Crippen LogP contribution < -0.4 is 20.5 Å². The summed E-state index contributed by atoms with van der Waals surface area (Å²) in [6.45, 7) is 2.38. The molecule has 152 valence electrons. The Bertz CT molecular complexity index is 1280. The smallest absolute Gasteiger partial charge is 0.255 e. The van der Waals surface area contributed by atoms with Crippen molar-refractivity contribution >= 4 is 33.7 Å². The number of hydrogen-bond donors (Lipinski definition) is 2. The number of benzene rings is 2. The van der Waals surface area contributed by atoms with Gasteiger partial charge in [0.2, 0.25) is 0 Å². The Hall–Kier alpha value is -4.07. The highest BCUT2D eigenvalue weighted by molar-refractivity contribution is 6.06. The maximum atomic E-state index is 12.1. The molecule has 4 rings (SSSR count). The number of nitrogens with zero attached hydrogens (tertiary/aromatic N) is 1. The highest BCUT2D eigenvalue weighted by atomic mass is 16.5. The van der Waals surface area contributed by atoms with E-state index in [0.29, 0.717) is 51.2 Å². The molecule has 2 aromatic heterocycles. The topological polar surface area (TPSA) is 117 Å². The van der Waals surface area contributed by atoms with Gasteiger partial charge in [-0.25, -0.2) is 0 Å². The van der Waals surface area contributed by atoms with Crippen LogP contribution in [-0.2, 0) is 0 Å². The third-order valence-electron chi connectivity index (χ3n) is 4.65. The molecule has 0 radical (unpaired) electrons. The van der Waals surface area contributed by atoms with Crippen LogP contribution in [-0.4, -0.2) is 30.5 Å². The van der Waals surface area contributed by atoms with Crippen LogP contribution in [0.3, 0.4) is 0 Å². The molecular formula is C22H19N3O5. The molecule has 8 heteroatoms. The predicted octanol–water partition coefficient (Wildman–Crippen LogP) is 3.63. The van der Waals surface area contributed by atoms with Crippen molar-refractivity contribution in [3.8, 4) is 17.2 Å². The molecular weight excluding hydrogens is 386 g/mol. The number of nitrogens with two attached hydrogens (primary N) is 1. The number of fused-ring (bicyclic) bond motifs is 2. The Morgan fingerprint density at radius 2 is 1.93 bits per heavy atom. The summed E-state index contributed by atoms with van der Waals surface area (Å²) < 4.78 is 16.8. The van der Waals surface area contributed by atoms with E-state index in [0.717, 1.165) is 0 Å². The molecule has 8 nitrogen and oxygen atoms in total. The molecule has 0 aliphatic carbocycles. The van der Waals surface area contributed by atoms with E-state index in [1.807, 2.05) is 6.92 Å². The molecule has 0 atom stereocenters. The van der Waals surface area contributed by atoms with Crippen LogP contribution in [0.1, 0.15) is 27.6 Å². The number of methoxy groups -OCH3 is 1. The number of nitrogens with one attached hydrogen (secondary N) is 1. The molecule has 4 aromatic rings. The second kappa shape index (κ2) is 7.75. The van der Waals surface area contributed by atoms with Gasteiger partial charge in [-0.3, -0.25) is 14.6 Å². The van der Waals surface area contributed by atoms with E-state index in [4.69, 9.17) is 19.6 Å². The largest absolute Gasteiger partial charge is 0.496 e. The number of ether oxygens (including phenoxy) is 2. The molecule has 2 amide bonds. The monoisotopic (exact) mass is 405 g/mol. The van der Waals surface area contributed by atoms with Gasteiger partial charge >= 0.3 is 0 Å². The standard InChI is InChI=1S/C22H19N3O5/c1-3-24-22(27)16-11-29-20-8-12(4-5-13(16)20)30-18-6-7-25-17-10-19(28-2)15(21(23)26)9-14(17)18/h4-11H,3H2,1-2H3,(H2,23,26)(H,24,27). The molecule has 2 heterocycles. The number of rotatable bonds is 6. The zero-order valence-electron chi connectivity index (χ0n) is 16.4. The first-order valence-electron chi connectivity index (χ1n) is 9.25. The van der Waals surface area contributed by atoms with Crippen molar-refractivity contribution in [2.45, 2.75) is 6.92 Å². The maximum absolute atomic E-state index is 12.1. The van der Waals surface area contributed by atoms with Crippen molar-refractivity contribution in [1.82, 2.24) is 10.3 Å². The quantitative estimate of drug-likeness (QED) is 0.506. The summed E-state index contributed by atoms with van der Waals surface area (Å²) in [5.41, 5.74) is 7.28. The molecule has 2 aromatic carbocycles. The second-order valence-electron chi connectivity index (χ2n) is 6.51. The van der Waals surface area contributed by atoms with Gasteiger partial charge < -0.3 is 24.9 Å². The molecule has 0 spiro atoms. The van der Waals surface area contributed by atoms with E-state index >= 15 is 0 Å². The highest BCUT2D eigenvalue weighted by Gasteiger charge is 2.16. The van der Waals surface area contributed by atoms with Crippen LogP contribution >= 0.6 is 0 Å². The normalized spacial score (nSPS) is 10.9. The van der Waals surface area contributed by atoms with Crippen LogP contribution in [0.2, 0.25) is 0 Å². The third kappa shape index (κ3) is 3.39. The lowest BCUT2D eigenvalue weighted by Gasteiger charge is -2.11. The van der Waals surface area contributed by atoms with Gasteiger partial charge in [0, 0.05) is 35.6 Å². The fourth-order valence-electron chi connectivity index (χ4n) is 3.23. The van der Waals surface area contributed by atoms with Crippen LogP contribution in [0.5, 0.6) is 17.2 Å². The van der Waals surface area contributed by atoms with Gasteiger partial charge in [-0.1, -0.05) is 0 Å². The number of pyridine rings is 1. The number of hydrogen-bond acceptors (Lipinski definition) is 6.